The van der Waals surface area contributed by atoms with E-state index in [-0.39, 0.29) is 11.6 Å². The van der Waals surface area contributed by atoms with E-state index < -0.39 is 4.92 Å². The molecule has 2 aromatic rings. The maximum atomic E-state index is 11.1. The van der Waals surface area contributed by atoms with Gasteiger partial charge < -0.3 is 5.32 Å². The molecule has 2 rings (SSSR count). The highest BCUT2D eigenvalue weighted by Crippen LogP contribution is 2.34. The monoisotopic (exact) mass is 287 g/mol. The Morgan fingerprint density at radius 1 is 1.33 bits per heavy atom. The first-order valence-corrected chi connectivity index (χ1v) is 6.09. The van der Waals surface area contributed by atoms with Crippen molar-refractivity contribution in [3.8, 4) is 11.1 Å². The van der Waals surface area contributed by atoms with Crippen LogP contribution in [0.1, 0.15) is 0 Å². The fourth-order valence-corrected chi connectivity index (χ4v) is 1.91. The molecule has 108 valence electrons. The summed E-state index contributed by atoms with van der Waals surface area (Å²) in [5, 5.41) is 21.3. The number of hydrazone groups is 1. The van der Waals surface area contributed by atoms with Gasteiger partial charge in [0.05, 0.1) is 29.0 Å². The molecule has 0 aliphatic heterocycles. The van der Waals surface area contributed by atoms with Gasteiger partial charge in [-0.05, 0) is 12.1 Å². The van der Waals surface area contributed by atoms with Gasteiger partial charge in [-0.1, -0.05) is 12.1 Å². The summed E-state index contributed by atoms with van der Waals surface area (Å²) in [6.45, 7) is 3.77. The van der Waals surface area contributed by atoms with E-state index in [2.05, 4.69) is 22.4 Å². The van der Waals surface area contributed by atoms with Crippen molar-refractivity contribution in [3.63, 3.8) is 0 Å². The van der Waals surface area contributed by atoms with Crippen LogP contribution in [0.2, 0.25) is 0 Å². The standard InChI is InChI=1S/C13H15N6O2/c1-15-13(14)17-18(2)12-10(7-8-16-12)9-5-3-4-6-11(9)19(20)21/h3-8,16H,2H2,1H3,(H3,14,15,17)/q+1. The van der Waals surface area contributed by atoms with Crippen LogP contribution in [0.4, 0.5) is 11.5 Å². The SMILES string of the molecule is C=[N+](NC(=N)NC)c1[nH]ccc1-c1ccccc1[N+](=O)[O-]. The number of hydrazine groups is 1. The molecule has 0 saturated heterocycles. The predicted octanol–water partition coefficient (Wildman–Crippen LogP) is 1.59. The average molecular weight is 287 g/mol. The largest absolute Gasteiger partial charge is 0.357 e. The third kappa shape index (κ3) is 2.89. The fraction of sp³-hybridized carbons (Fsp3) is 0.0769. The summed E-state index contributed by atoms with van der Waals surface area (Å²) in [5.41, 5.74) is 3.79. The molecule has 1 heterocycles. The molecule has 0 amide bonds. The van der Waals surface area contributed by atoms with Crippen LogP contribution < -0.4 is 10.7 Å². The number of rotatable bonds is 4. The Hall–Kier alpha value is -3.16. The Labute approximate surface area is 120 Å². The first-order chi connectivity index (χ1) is 10.0. The van der Waals surface area contributed by atoms with E-state index in [4.69, 9.17) is 5.41 Å². The van der Waals surface area contributed by atoms with E-state index in [0.29, 0.717) is 16.9 Å². The second kappa shape index (κ2) is 5.87. The van der Waals surface area contributed by atoms with Crippen molar-refractivity contribution in [3.05, 3.63) is 46.6 Å². The zero-order valence-electron chi connectivity index (χ0n) is 11.4. The molecule has 21 heavy (non-hydrogen) atoms. The number of nitro benzene ring substituents is 1. The summed E-state index contributed by atoms with van der Waals surface area (Å²) in [6, 6.07) is 8.19. The number of guanidine groups is 1. The lowest BCUT2D eigenvalue weighted by atomic mass is 10.1. The molecule has 1 aromatic heterocycles. The normalized spacial score (nSPS) is 9.95. The highest BCUT2D eigenvalue weighted by Gasteiger charge is 2.23. The Morgan fingerprint density at radius 2 is 2.05 bits per heavy atom. The second-order valence-electron chi connectivity index (χ2n) is 4.18. The molecular weight excluding hydrogens is 272 g/mol. The molecule has 0 aliphatic carbocycles. The number of benzene rings is 1. The van der Waals surface area contributed by atoms with Gasteiger partial charge in [-0.15, -0.1) is 4.68 Å². The number of nitro groups is 1. The molecule has 0 saturated carbocycles. The minimum atomic E-state index is -0.428. The number of H-pyrrole nitrogens is 1. The smallest absolute Gasteiger partial charge is 0.310 e. The molecule has 0 radical (unpaired) electrons. The van der Waals surface area contributed by atoms with Crippen LogP contribution >= 0.6 is 0 Å². The summed E-state index contributed by atoms with van der Waals surface area (Å²) in [5.74, 6) is 0.567. The zero-order chi connectivity index (χ0) is 15.4. The highest BCUT2D eigenvalue weighted by molar-refractivity contribution is 5.80. The maximum absolute atomic E-state index is 11.1. The lowest BCUT2D eigenvalue weighted by Gasteiger charge is -2.07. The van der Waals surface area contributed by atoms with Gasteiger partial charge in [0.1, 0.15) is 0 Å². The summed E-state index contributed by atoms with van der Waals surface area (Å²) in [6.07, 6.45) is 1.66. The minimum absolute atomic E-state index is 0.00967. The van der Waals surface area contributed by atoms with Gasteiger partial charge in [-0.25, -0.2) is 4.98 Å². The van der Waals surface area contributed by atoms with Crippen LogP contribution in [-0.4, -0.2) is 34.3 Å². The van der Waals surface area contributed by atoms with Crippen molar-refractivity contribution in [2.45, 2.75) is 0 Å². The van der Waals surface area contributed by atoms with Crippen molar-refractivity contribution in [2.75, 3.05) is 7.05 Å². The van der Waals surface area contributed by atoms with E-state index in [1.54, 1.807) is 37.5 Å². The molecular formula is C13H15N6O2+. The van der Waals surface area contributed by atoms with Crippen LogP contribution in [0.15, 0.2) is 36.5 Å². The van der Waals surface area contributed by atoms with E-state index in [1.807, 2.05) is 0 Å². The molecule has 0 aliphatic rings. The Morgan fingerprint density at radius 3 is 2.71 bits per heavy atom. The highest BCUT2D eigenvalue weighted by atomic mass is 16.6. The Balaban J connectivity index is 2.44. The Bertz CT molecular complexity index is 706. The van der Waals surface area contributed by atoms with Crippen LogP contribution in [0.5, 0.6) is 0 Å². The first-order valence-electron chi connectivity index (χ1n) is 6.09. The zero-order valence-corrected chi connectivity index (χ0v) is 11.4. The van der Waals surface area contributed by atoms with Crippen LogP contribution in [-0.2, 0) is 0 Å². The van der Waals surface area contributed by atoms with Gasteiger partial charge in [0, 0.05) is 13.1 Å². The van der Waals surface area contributed by atoms with Gasteiger partial charge in [0.2, 0.25) is 5.96 Å². The average Bonchev–Trinajstić information content (AvgIpc) is 2.96. The molecule has 0 atom stereocenters. The van der Waals surface area contributed by atoms with Gasteiger partial charge in [0.15, 0.2) is 0 Å². The predicted molar refractivity (Wildman–Crippen MR) is 79.8 cm³/mol. The third-order valence-electron chi connectivity index (χ3n) is 2.88. The van der Waals surface area contributed by atoms with Crippen LogP contribution in [0.25, 0.3) is 11.1 Å². The van der Waals surface area contributed by atoms with Gasteiger partial charge >= 0.3 is 5.82 Å². The molecule has 0 fully saturated rings. The molecule has 8 heteroatoms. The van der Waals surface area contributed by atoms with Gasteiger partial charge in [0.25, 0.3) is 5.69 Å². The molecule has 0 bridgehead atoms. The van der Waals surface area contributed by atoms with E-state index in [1.165, 1.54) is 10.8 Å². The first kappa shape index (κ1) is 14.3. The maximum Gasteiger partial charge on any atom is 0.310 e. The molecule has 1 aromatic carbocycles. The van der Waals surface area contributed by atoms with Crippen LogP contribution in [0.3, 0.4) is 0 Å². The number of nitrogens with one attached hydrogen (secondary N) is 4. The summed E-state index contributed by atoms with van der Waals surface area (Å²) in [4.78, 5) is 13.7. The van der Waals surface area contributed by atoms with Crippen molar-refractivity contribution in [2.24, 2.45) is 0 Å². The summed E-state index contributed by atoms with van der Waals surface area (Å²) >= 11 is 0. The molecule has 0 spiro atoms. The third-order valence-corrected chi connectivity index (χ3v) is 2.88. The van der Waals surface area contributed by atoms with Crippen molar-refractivity contribution in [1.29, 1.82) is 5.41 Å². The van der Waals surface area contributed by atoms with Crippen molar-refractivity contribution in [1.82, 2.24) is 15.7 Å². The summed E-state index contributed by atoms with van der Waals surface area (Å²) < 4.78 is 1.34. The number of para-hydroxylation sites is 1. The number of hydrogen-bond donors (Lipinski definition) is 4. The summed E-state index contributed by atoms with van der Waals surface area (Å²) in [7, 11) is 1.60. The van der Waals surface area contributed by atoms with Gasteiger partial charge in [-0.2, -0.15) is 5.43 Å². The molecule has 0 unspecified atom stereocenters. The topological polar surface area (TPSA) is 110 Å². The van der Waals surface area contributed by atoms with Crippen molar-refractivity contribution >= 4 is 24.2 Å². The van der Waals surface area contributed by atoms with Crippen molar-refractivity contribution < 1.29 is 9.61 Å². The molecule has 4 N–H and O–H groups in total. The fourth-order valence-electron chi connectivity index (χ4n) is 1.91. The van der Waals surface area contributed by atoms with E-state index in [0.717, 1.165) is 0 Å². The Kier molecular flexibility index (Phi) is 3.98. The quantitative estimate of drug-likeness (QED) is 0.225. The number of hydrogen-bond acceptors (Lipinski definition) is 3. The molecule has 8 nitrogen and oxygen atoms in total. The van der Waals surface area contributed by atoms with E-state index >= 15 is 0 Å². The number of aromatic nitrogens is 1. The number of aromatic amines is 1. The van der Waals surface area contributed by atoms with E-state index in [9.17, 15) is 10.1 Å². The number of nitrogens with zero attached hydrogens (tertiary/aromatic N) is 2. The second-order valence-corrected chi connectivity index (χ2v) is 4.18. The minimum Gasteiger partial charge on any atom is -0.357 e. The van der Waals surface area contributed by atoms with Gasteiger partial charge in [-0.3, -0.25) is 15.5 Å². The van der Waals surface area contributed by atoms with Crippen LogP contribution in [0, 0.1) is 15.5 Å². The lowest BCUT2D eigenvalue weighted by molar-refractivity contribution is -0.482. The lowest BCUT2D eigenvalue weighted by Crippen LogP contribution is -2.38.